The molecule has 1 N–H and O–H groups in total. The van der Waals surface area contributed by atoms with Crippen molar-refractivity contribution < 1.29 is 5.11 Å². The Labute approximate surface area is 104 Å². The smallest absolute Gasteiger partial charge is 0.0580 e. The number of hydrogen-bond acceptors (Lipinski definition) is 2. The fourth-order valence-corrected chi connectivity index (χ4v) is 2.70. The van der Waals surface area contributed by atoms with Crippen LogP contribution in [0.3, 0.4) is 0 Å². The van der Waals surface area contributed by atoms with Gasteiger partial charge in [-0.1, -0.05) is 36.2 Å². The molecule has 0 aliphatic heterocycles. The SMILES string of the molecule is Cc1ccc(CN(C)CC2CCCC2O)cc1. The number of aliphatic hydroxyl groups excluding tert-OH is 1. The molecule has 1 aliphatic rings. The van der Waals surface area contributed by atoms with E-state index in [0.717, 1.165) is 19.5 Å². The normalized spacial score (nSPS) is 24.5. The van der Waals surface area contributed by atoms with Gasteiger partial charge in [0.1, 0.15) is 0 Å². The molecule has 1 aliphatic carbocycles. The van der Waals surface area contributed by atoms with Gasteiger partial charge in [0.2, 0.25) is 0 Å². The van der Waals surface area contributed by atoms with Gasteiger partial charge < -0.3 is 10.0 Å². The van der Waals surface area contributed by atoms with E-state index in [-0.39, 0.29) is 6.10 Å². The van der Waals surface area contributed by atoms with Crippen LogP contribution in [0.15, 0.2) is 24.3 Å². The minimum atomic E-state index is -0.0736. The van der Waals surface area contributed by atoms with Crippen LogP contribution in [-0.4, -0.2) is 29.7 Å². The number of aryl methyl sites for hydroxylation is 1. The fourth-order valence-electron chi connectivity index (χ4n) is 2.70. The average Bonchev–Trinajstić information content (AvgIpc) is 2.68. The molecule has 1 aromatic carbocycles. The number of benzene rings is 1. The zero-order valence-electron chi connectivity index (χ0n) is 10.9. The molecule has 1 saturated carbocycles. The Hall–Kier alpha value is -0.860. The molecule has 2 unspecified atom stereocenters. The number of aliphatic hydroxyl groups is 1. The van der Waals surface area contributed by atoms with Crippen molar-refractivity contribution in [3.05, 3.63) is 35.4 Å². The zero-order chi connectivity index (χ0) is 12.3. The summed E-state index contributed by atoms with van der Waals surface area (Å²) in [6.45, 7) is 4.10. The first-order valence-electron chi connectivity index (χ1n) is 6.57. The summed E-state index contributed by atoms with van der Waals surface area (Å²) in [7, 11) is 2.14. The molecule has 1 fully saturated rings. The molecule has 1 aromatic rings. The first-order chi connectivity index (χ1) is 8.15. The lowest BCUT2D eigenvalue weighted by molar-refractivity contribution is 0.108. The van der Waals surface area contributed by atoms with Crippen molar-refractivity contribution in [3.8, 4) is 0 Å². The monoisotopic (exact) mass is 233 g/mol. The average molecular weight is 233 g/mol. The van der Waals surface area contributed by atoms with Gasteiger partial charge in [-0.2, -0.15) is 0 Å². The topological polar surface area (TPSA) is 23.5 Å². The second-order valence-corrected chi connectivity index (χ2v) is 5.44. The Bertz CT molecular complexity index is 346. The van der Waals surface area contributed by atoms with Crippen LogP contribution in [0, 0.1) is 12.8 Å². The second-order valence-electron chi connectivity index (χ2n) is 5.44. The quantitative estimate of drug-likeness (QED) is 0.864. The van der Waals surface area contributed by atoms with Crippen LogP contribution in [0.25, 0.3) is 0 Å². The van der Waals surface area contributed by atoms with Crippen LogP contribution < -0.4 is 0 Å². The van der Waals surface area contributed by atoms with E-state index in [1.807, 2.05) is 0 Å². The number of hydrogen-bond donors (Lipinski definition) is 1. The molecule has 2 nitrogen and oxygen atoms in total. The molecule has 2 atom stereocenters. The van der Waals surface area contributed by atoms with Crippen molar-refractivity contribution in [1.29, 1.82) is 0 Å². The van der Waals surface area contributed by atoms with Crippen molar-refractivity contribution in [2.45, 2.75) is 38.8 Å². The van der Waals surface area contributed by atoms with E-state index in [9.17, 15) is 5.11 Å². The molecule has 0 heterocycles. The summed E-state index contributed by atoms with van der Waals surface area (Å²) in [6, 6.07) is 8.70. The van der Waals surface area contributed by atoms with Crippen molar-refractivity contribution >= 4 is 0 Å². The highest BCUT2D eigenvalue weighted by Crippen LogP contribution is 2.26. The third kappa shape index (κ3) is 3.55. The molecule has 2 heteroatoms. The fraction of sp³-hybridized carbons (Fsp3) is 0.600. The highest BCUT2D eigenvalue weighted by molar-refractivity contribution is 5.21. The predicted octanol–water partition coefficient (Wildman–Crippen LogP) is 2.59. The summed E-state index contributed by atoms with van der Waals surface area (Å²) in [5.74, 6) is 0.477. The summed E-state index contributed by atoms with van der Waals surface area (Å²) >= 11 is 0. The molecule has 0 spiro atoms. The van der Waals surface area contributed by atoms with Crippen molar-refractivity contribution in [3.63, 3.8) is 0 Å². The molecule has 2 rings (SSSR count). The molecule has 94 valence electrons. The molecular formula is C15H23NO. The van der Waals surface area contributed by atoms with Crippen molar-refractivity contribution in [1.82, 2.24) is 4.90 Å². The summed E-state index contributed by atoms with van der Waals surface area (Å²) in [5.41, 5.74) is 2.66. The number of nitrogens with zero attached hydrogens (tertiary/aromatic N) is 1. The van der Waals surface area contributed by atoms with E-state index in [1.165, 1.54) is 24.0 Å². The Morgan fingerprint density at radius 3 is 2.53 bits per heavy atom. The number of rotatable bonds is 4. The molecular weight excluding hydrogens is 210 g/mol. The van der Waals surface area contributed by atoms with E-state index in [0.29, 0.717) is 5.92 Å². The molecule has 17 heavy (non-hydrogen) atoms. The maximum absolute atomic E-state index is 9.81. The second kappa shape index (κ2) is 5.65. The van der Waals surface area contributed by atoms with Gasteiger partial charge in [-0.25, -0.2) is 0 Å². The zero-order valence-corrected chi connectivity index (χ0v) is 10.9. The van der Waals surface area contributed by atoms with Crippen LogP contribution in [0.5, 0.6) is 0 Å². The lowest BCUT2D eigenvalue weighted by atomic mass is 10.1. The van der Waals surface area contributed by atoms with Gasteiger partial charge in [0.15, 0.2) is 0 Å². The van der Waals surface area contributed by atoms with E-state index in [1.54, 1.807) is 0 Å². The van der Waals surface area contributed by atoms with Crippen LogP contribution in [0.2, 0.25) is 0 Å². The highest BCUT2D eigenvalue weighted by Gasteiger charge is 2.25. The van der Waals surface area contributed by atoms with E-state index < -0.39 is 0 Å². The van der Waals surface area contributed by atoms with Crippen molar-refractivity contribution in [2.24, 2.45) is 5.92 Å². The molecule has 0 aromatic heterocycles. The predicted molar refractivity (Wildman–Crippen MR) is 70.9 cm³/mol. The largest absolute Gasteiger partial charge is 0.393 e. The summed E-state index contributed by atoms with van der Waals surface area (Å²) in [5, 5.41) is 9.81. The third-order valence-electron chi connectivity index (χ3n) is 3.74. The van der Waals surface area contributed by atoms with Gasteiger partial charge in [0, 0.05) is 13.1 Å². The first kappa shape index (κ1) is 12.6. The molecule has 0 bridgehead atoms. The van der Waals surface area contributed by atoms with Crippen LogP contribution in [-0.2, 0) is 6.54 Å². The maximum Gasteiger partial charge on any atom is 0.0580 e. The van der Waals surface area contributed by atoms with E-state index in [4.69, 9.17) is 0 Å². The van der Waals surface area contributed by atoms with Crippen LogP contribution in [0.4, 0.5) is 0 Å². The first-order valence-corrected chi connectivity index (χ1v) is 6.57. The maximum atomic E-state index is 9.81. The molecule has 0 saturated heterocycles. The van der Waals surface area contributed by atoms with Crippen LogP contribution >= 0.6 is 0 Å². The van der Waals surface area contributed by atoms with Gasteiger partial charge in [0.05, 0.1) is 6.10 Å². The Morgan fingerprint density at radius 1 is 1.24 bits per heavy atom. The minimum Gasteiger partial charge on any atom is -0.393 e. The summed E-state index contributed by atoms with van der Waals surface area (Å²) in [6.07, 6.45) is 3.28. The van der Waals surface area contributed by atoms with Crippen LogP contribution in [0.1, 0.15) is 30.4 Å². The Balaban J connectivity index is 1.84. The summed E-state index contributed by atoms with van der Waals surface area (Å²) in [4.78, 5) is 2.32. The highest BCUT2D eigenvalue weighted by atomic mass is 16.3. The van der Waals surface area contributed by atoms with Gasteiger partial charge in [-0.3, -0.25) is 0 Å². The minimum absolute atomic E-state index is 0.0736. The Kier molecular flexibility index (Phi) is 4.19. The van der Waals surface area contributed by atoms with E-state index >= 15 is 0 Å². The summed E-state index contributed by atoms with van der Waals surface area (Å²) < 4.78 is 0. The standard InChI is InChI=1S/C15H23NO/c1-12-6-8-13(9-7-12)10-16(2)11-14-4-3-5-15(14)17/h6-9,14-15,17H,3-5,10-11H2,1-2H3. The lowest BCUT2D eigenvalue weighted by Gasteiger charge is -2.23. The molecule has 0 amide bonds. The van der Waals surface area contributed by atoms with Gasteiger partial charge in [0.25, 0.3) is 0 Å². The lowest BCUT2D eigenvalue weighted by Crippen LogP contribution is -2.29. The van der Waals surface area contributed by atoms with Gasteiger partial charge in [-0.05, 0) is 38.3 Å². The van der Waals surface area contributed by atoms with Gasteiger partial charge in [-0.15, -0.1) is 0 Å². The third-order valence-corrected chi connectivity index (χ3v) is 3.74. The van der Waals surface area contributed by atoms with Crippen molar-refractivity contribution in [2.75, 3.05) is 13.6 Å². The molecule has 0 radical (unpaired) electrons. The van der Waals surface area contributed by atoms with E-state index in [2.05, 4.69) is 43.1 Å². The Morgan fingerprint density at radius 2 is 1.94 bits per heavy atom. The van der Waals surface area contributed by atoms with Gasteiger partial charge >= 0.3 is 0 Å².